The van der Waals surface area contributed by atoms with Crippen LogP contribution in [0.4, 0.5) is 5.13 Å². The van der Waals surface area contributed by atoms with Gasteiger partial charge in [-0.05, 0) is 31.0 Å². The maximum absolute atomic E-state index is 12.1. The topological polar surface area (TPSA) is 54.0 Å². The SMILES string of the molecule is Cc1ccc(-c2csc(NC(=O)CC3CSCCN3)n2)cc1C.Cl. The van der Waals surface area contributed by atoms with Gasteiger partial charge in [0.15, 0.2) is 5.13 Å². The molecule has 1 aliphatic rings. The smallest absolute Gasteiger partial charge is 0.227 e. The lowest BCUT2D eigenvalue weighted by atomic mass is 10.1. The van der Waals surface area contributed by atoms with Crippen molar-refractivity contribution in [3.8, 4) is 11.3 Å². The van der Waals surface area contributed by atoms with E-state index in [0.717, 1.165) is 29.3 Å². The zero-order chi connectivity index (χ0) is 16.2. The van der Waals surface area contributed by atoms with Crippen LogP contribution in [0.5, 0.6) is 0 Å². The van der Waals surface area contributed by atoms with Crippen molar-refractivity contribution in [2.45, 2.75) is 26.3 Å². The number of nitrogens with zero attached hydrogens (tertiary/aromatic N) is 1. The van der Waals surface area contributed by atoms with Crippen molar-refractivity contribution in [3.63, 3.8) is 0 Å². The Morgan fingerprint density at radius 2 is 2.21 bits per heavy atom. The van der Waals surface area contributed by atoms with Gasteiger partial charge in [-0.1, -0.05) is 12.1 Å². The number of halogens is 1. The van der Waals surface area contributed by atoms with Gasteiger partial charge in [-0.25, -0.2) is 4.98 Å². The van der Waals surface area contributed by atoms with Gasteiger partial charge in [0.05, 0.1) is 5.69 Å². The number of carbonyl (C=O) groups is 1. The van der Waals surface area contributed by atoms with Crippen molar-refractivity contribution < 1.29 is 4.79 Å². The quantitative estimate of drug-likeness (QED) is 0.841. The number of hydrogen-bond donors (Lipinski definition) is 2. The van der Waals surface area contributed by atoms with Gasteiger partial charge >= 0.3 is 0 Å². The van der Waals surface area contributed by atoms with E-state index >= 15 is 0 Å². The number of thioether (sulfide) groups is 1. The first kappa shape index (κ1) is 19.2. The molecule has 1 amide bonds. The number of benzene rings is 1. The second-order valence-corrected chi connectivity index (χ2v) is 7.82. The van der Waals surface area contributed by atoms with Crippen LogP contribution in [0.3, 0.4) is 0 Å². The molecule has 4 nitrogen and oxygen atoms in total. The molecule has 1 atom stereocenters. The Morgan fingerprint density at radius 3 is 2.92 bits per heavy atom. The summed E-state index contributed by atoms with van der Waals surface area (Å²) in [4.78, 5) is 16.7. The summed E-state index contributed by atoms with van der Waals surface area (Å²) in [5.74, 6) is 2.16. The fourth-order valence-electron chi connectivity index (χ4n) is 2.51. The molecule has 0 aliphatic carbocycles. The maximum atomic E-state index is 12.1. The van der Waals surface area contributed by atoms with E-state index in [1.165, 1.54) is 22.5 Å². The van der Waals surface area contributed by atoms with Crippen LogP contribution in [0, 0.1) is 13.8 Å². The zero-order valence-electron chi connectivity index (χ0n) is 13.8. The van der Waals surface area contributed by atoms with E-state index in [-0.39, 0.29) is 24.4 Å². The van der Waals surface area contributed by atoms with Crippen molar-refractivity contribution in [3.05, 3.63) is 34.7 Å². The van der Waals surface area contributed by atoms with Gasteiger partial charge in [0, 0.05) is 41.5 Å². The summed E-state index contributed by atoms with van der Waals surface area (Å²) in [6.07, 6.45) is 0.506. The summed E-state index contributed by atoms with van der Waals surface area (Å²) in [6.45, 7) is 5.18. The number of nitrogens with one attached hydrogen (secondary N) is 2. The summed E-state index contributed by atoms with van der Waals surface area (Å²) in [7, 11) is 0. The maximum Gasteiger partial charge on any atom is 0.227 e. The van der Waals surface area contributed by atoms with Gasteiger partial charge in [0.2, 0.25) is 5.91 Å². The van der Waals surface area contributed by atoms with E-state index < -0.39 is 0 Å². The molecule has 0 bridgehead atoms. The van der Waals surface area contributed by atoms with Gasteiger partial charge in [0.25, 0.3) is 0 Å². The number of thiazole rings is 1. The van der Waals surface area contributed by atoms with Gasteiger partial charge in [-0.3, -0.25) is 4.79 Å². The van der Waals surface area contributed by atoms with Gasteiger partial charge < -0.3 is 10.6 Å². The van der Waals surface area contributed by atoms with Crippen LogP contribution in [0.1, 0.15) is 17.5 Å². The number of amides is 1. The highest BCUT2D eigenvalue weighted by Crippen LogP contribution is 2.26. The lowest BCUT2D eigenvalue weighted by Crippen LogP contribution is -2.39. The van der Waals surface area contributed by atoms with Crippen molar-refractivity contribution in [1.82, 2.24) is 10.3 Å². The predicted octanol–water partition coefficient (Wildman–Crippen LogP) is 3.88. The molecule has 1 saturated heterocycles. The Balaban J connectivity index is 0.00000208. The van der Waals surface area contributed by atoms with Crippen LogP contribution in [0.15, 0.2) is 23.6 Å². The Bertz CT molecular complexity index is 699. The Kier molecular flexibility index (Phi) is 7.10. The number of rotatable bonds is 4. The first-order valence-corrected chi connectivity index (χ1v) is 9.79. The third kappa shape index (κ3) is 4.96. The van der Waals surface area contributed by atoms with Crippen molar-refractivity contribution >= 4 is 46.5 Å². The highest BCUT2D eigenvalue weighted by molar-refractivity contribution is 7.99. The van der Waals surface area contributed by atoms with Crippen LogP contribution >= 0.6 is 35.5 Å². The summed E-state index contributed by atoms with van der Waals surface area (Å²) < 4.78 is 0. The average molecular weight is 384 g/mol. The summed E-state index contributed by atoms with van der Waals surface area (Å²) >= 11 is 3.38. The third-order valence-corrected chi connectivity index (χ3v) is 5.87. The molecule has 1 aliphatic heterocycles. The largest absolute Gasteiger partial charge is 0.312 e. The third-order valence-electron chi connectivity index (χ3n) is 3.98. The minimum Gasteiger partial charge on any atom is -0.312 e. The molecular formula is C17H22ClN3OS2. The number of carbonyl (C=O) groups excluding carboxylic acids is 1. The Labute approximate surface area is 157 Å². The zero-order valence-corrected chi connectivity index (χ0v) is 16.2. The van der Waals surface area contributed by atoms with Crippen LogP contribution in [-0.2, 0) is 4.79 Å². The van der Waals surface area contributed by atoms with Crippen molar-refractivity contribution in [2.24, 2.45) is 0 Å². The number of aryl methyl sites for hydroxylation is 2. The van der Waals surface area contributed by atoms with Gasteiger partial charge in [-0.2, -0.15) is 11.8 Å². The number of anilines is 1. The van der Waals surface area contributed by atoms with Crippen molar-refractivity contribution in [1.29, 1.82) is 0 Å². The highest BCUT2D eigenvalue weighted by atomic mass is 35.5. The highest BCUT2D eigenvalue weighted by Gasteiger charge is 2.17. The molecule has 1 aromatic heterocycles. The summed E-state index contributed by atoms with van der Waals surface area (Å²) in [5.41, 5.74) is 4.53. The summed E-state index contributed by atoms with van der Waals surface area (Å²) in [5, 5.41) is 8.97. The second kappa shape index (κ2) is 8.85. The van der Waals surface area contributed by atoms with E-state index in [1.54, 1.807) is 0 Å². The Hall–Kier alpha value is -1.08. The molecule has 0 spiro atoms. The molecule has 3 rings (SSSR count). The van der Waals surface area contributed by atoms with Gasteiger partial charge in [-0.15, -0.1) is 23.7 Å². The van der Waals surface area contributed by atoms with Crippen LogP contribution < -0.4 is 10.6 Å². The van der Waals surface area contributed by atoms with E-state index in [2.05, 4.69) is 47.7 Å². The normalized spacial score (nSPS) is 17.2. The molecule has 2 aromatic rings. The molecule has 24 heavy (non-hydrogen) atoms. The fraction of sp³-hybridized carbons (Fsp3) is 0.412. The molecule has 2 heterocycles. The molecule has 1 unspecified atom stereocenters. The molecule has 0 saturated carbocycles. The molecule has 0 radical (unpaired) electrons. The fourth-order valence-corrected chi connectivity index (χ4v) is 4.19. The number of hydrogen-bond acceptors (Lipinski definition) is 5. The monoisotopic (exact) mass is 383 g/mol. The van der Waals surface area contributed by atoms with E-state index in [9.17, 15) is 4.79 Å². The molecule has 7 heteroatoms. The molecule has 1 aromatic carbocycles. The molecule has 2 N–H and O–H groups in total. The molecule has 130 valence electrons. The number of aromatic nitrogens is 1. The minimum atomic E-state index is 0. The summed E-state index contributed by atoms with van der Waals surface area (Å²) in [6, 6.07) is 6.59. The second-order valence-electron chi connectivity index (χ2n) is 5.82. The first-order chi connectivity index (χ1) is 11.1. The van der Waals surface area contributed by atoms with Crippen molar-refractivity contribution in [2.75, 3.05) is 23.4 Å². The molecule has 1 fully saturated rings. The standard InChI is InChI=1S/C17H21N3OS2.ClH/c1-11-3-4-13(7-12(11)2)15-10-23-17(19-15)20-16(21)8-14-9-22-6-5-18-14;/h3-4,7,10,14,18H,5-6,8-9H2,1-2H3,(H,19,20,21);1H. The minimum absolute atomic E-state index is 0. The Morgan fingerprint density at radius 1 is 1.38 bits per heavy atom. The van der Waals surface area contributed by atoms with E-state index in [0.29, 0.717) is 11.6 Å². The first-order valence-electron chi connectivity index (χ1n) is 7.76. The van der Waals surface area contributed by atoms with Crippen LogP contribution in [0.25, 0.3) is 11.3 Å². The average Bonchev–Trinajstić information content (AvgIpc) is 2.99. The van der Waals surface area contributed by atoms with Crippen LogP contribution in [0.2, 0.25) is 0 Å². The van der Waals surface area contributed by atoms with E-state index in [1.807, 2.05) is 17.1 Å². The van der Waals surface area contributed by atoms with Crippen LogP contribution in [-0.4, -0.2) is 35.0 Å². The van der Waals surface area contributed by atoms with Gasteiger partial charge in [0.1, 0.15) is 0 Å². The lowest BCUT2D eigenvalue weighted by molar-refractivity contribution is -0.116. The lowest BCUT2D eigenvalue weighted by Gasteiger charge is -2.22. The molecular weight excluding hydrogens is 362 g/mol. The predicted molar refractivity (Wildman–Crippen MR) is 107 cm³/mol. The van der Waals surface area contributed by atoms with E-state index in [4.69, 9.17) is 0 Å².